The van der Waals surface area contributed by atoms with E-state index in [4.69, 9.17) is 39.6 Å². The van der Waals surface area contributed by atoms with Crippen LogP contribution in [0.1, 0.15) is 74.6 Å². The lowest BCUT2D eigenvalue weighted by Crippen LogP contribution is -2.45. The third-order valence-electron chi connectivity index (χ3n) is 6.61. The monoisotopic (exact) mass is 840 g/mol. The van der Waals surface area contributed by atoms with E-state index in [9.17, 15) is 38.0 Å². The lowest BCUT2D eigenvalue weighted by atomic mass is 10.1. The molecule has 1 aliphatic rings. The smallest absolute Gasteiger partial charge is 0.480 e. The predicted molar refractivity (Wildman–Crippen MR) is 196 cm³/mol. The van der Waals surface area contributed by atoms with Crippen LogP contribution in [-0.4, -0.2) is 85.9 Å². The van der Waals surface area contributed by atoms with E-state index in [0.717, 1.165) is 42.0 Å². The second kappa shape index (κ2) is 17.4. The van der Waals surface area contributed by atoms with Crippen LogP contribution in [0.5, 0.6) is 5.75 Å². The number of hydrogen-bond acceptors (Lipinski definition) is 14. The van der Waals surface area contributed by atoms with Crippen LogP contribution in [0.15, 0.2) is 35.3 Å². The van der Waals surface area contributed by atoms with Crippen LogP contribution in [0.2, 0.25) is 5.02 Å². The molecule has 2 aromatic rings. The van der Waals surface area contributed by atoms with Gasteiger partial charge >= 0.3 is 37.7 Å². The Balaban J connectivity index is 2.01. The van der Waals surface area contributed by atoms with Gasteiger partial charge in [-0.15, -0.1) is 11.8 Å². The summed E-state index contributed by atoms with van der Waals surface area (Å²) in [6.07, 6.45) is -6.66. The van der Waals surface area contributed by atoms with Crippen molar-refractivity contribution in [3.8, 4) is 5.75 Å². The van der Waals surface area contributed by atoms with Gasteiger partial charge in [-0.3, -0.25) is 13.9 Å². The maximum absolute atomic E-state index is 16.4. The second-order valence-corrected chi connectivity index (χ2v) is 18.4. The maximum atomic E-state index is 16.4. The number of carboxylic acids is 1. The van der Waals surface area contributed by atoms with Crippen molar-refractivity contribution in [2.45, 2.75) is 115 Å². The molecule has 0 aliphatic carbocycles. The van der Waals surface area contributed by atoms with Gasteiger partial charge in [0.15, 0.2) is 18.1 Å². The first-order chi connectivity index (χ1) is 25.1. The van der Waals surface area contributed by atoms with Crippen LogP contribution in [0, 0.1) is 5.82 Å². The molecular formula is C33H44ClF2N4O13PS. The number of thioether (sulfide) groups is 1. The van der Waals surface area contributed by atoms with Crippen molar-refractivity contribution in [1.82, 2.24) is 14.6 Å². The van der Waals surface area contributed by atoms with E-state index in [1.165, 1.54) is 20.8 Å². The standard InChI is InChI=1S/C33H44ClF2N4O13PS/c1-17(26(41)42)38-54(47,53-18-11-12-19(34)20(35)15-18)48-16-21-24(49-30(46)52-33(8,9)10)23(36)25(55-21)39-14-13-22(37-27(39)43)40(28(44)50-31(2,3)4)29(45)51-32(5,6)7/h11-15,17,21,23-25H,16H2,1-10H3,(H,38,47)(H,41,42)/t17?,21-,23+,24-,25?,54?/m1/s1. The van der Waals surface area contributed by atoms with Gasteiger partial charge < -0.3 is 28.6 Å². The molecule has 3 unspecified atom stereocenters. The first-order valence-electron chi connectivity index (χ1n) is 16.5. The fraction of sp³-hybridized carbons (Fsp3) is 0.576. The molecule has 22 heteroatoms. The molecule has 6 atom stereocenters. The van der Waals surface area contributed by atoms with Crippen molar-refractivity contribution in [3.05, 3.63) is 51.8 Å². The highest BCUT2D eigenvalue weighted by molar-refractivity contribution is 8.00. The SMILES string of the molecule is CC(NP(=O)(OC[C@H]1SC(n2ccc(N(C(=O)OC(C)(C)C)C(=O)OC(C)(C)C)nc2=O)[C@@H](F)[C@@H]1OC(=O)OC(C)(C)C)Oc1ccc(Cl)c(F)c1)C(=O)O. The molecule has 1 aromatic carbocycles. The van der Waals surface area contributed by atoms with E-state index in [1.54, 1.807) is 41.5 Å². The Hall–Kier alpha value is -3.97. The van der Waals surface area contributed by atoms with Gasteiger partial charge in [-0.25, -0.2) is 32.5 Å². The Bertz CT molecular complexity index is 1840. The highest BCUT2D eigenvalue weighted by Gasteiger charge is 2.50. The molecule has 1 aliphatic heterocycles. The summed E-state index contributed by atoms with van der Waals surface area (Å²) in [5, 5.41) is 8.53. The molecule has 1 fully saturated rings. The lowest BCUT2D eigenvalue weighted by molar-refractivity contribution is -0.138. The molecule has 1 saturated heterocycles. The largest absolute Gasteiger partial charge is 0.509 e. The summed E-state index contributed by atoms with van der Waals surface area (Å²) in [4.78, 5) is 68.3. The summed E-state index contributed by atoms with van der Waals surface area (Å²) in [5.74, 6) is -3.31. The molecular weight excluding hydrogens is 797 g/mol. The number of ether oxygens (including phenoxy) is 4. The van der Waals surface area contributed by atoms with Gasteiger partial charge in [0.2, 0.25) is 0 Å². The van der Waals surface area contributed by atoms with Gasteiger partial charge in [0.25, 0.3) is 0 Å². The van der Waals surface area contributed by atoms with Gasteiger partial charge in [-0.1, -0.05) is 11.6 Å². The van der Waals surface area contributed by atoms with E-state index < -0.39 is 102 Å². The quantitative estimate of drug-likeness (QED) is 0.130. The fourth-order valence-corrected chi connectivity index (χ4v) is 7.60. The van der Waals surface area contributed by atoms with Crippen molar-refractivity contribution in [3.63, 3.8) is 0 Å². The Morgan fingerprint density at radius 2 is 1.58 bits per heavy atom. The number of benzene rings is 1. The first-order valence-corrected chi connectivity index (χ1v) is 19.4. The van der Waals surface area contributed by atoms with E-state index in [-0.39, 0.29) is 10.8 Å². The van der Waals surface area contributed by atoms with Gasteiger partial charge in [0.1, 0.15) is 39.8 Å². The molecule has 2 heterocycles. The zero-order chi connectivity index (χ0) is 41.8. The van der Waals surface area contributed by atoms with Crippen LogP contribution >= 0.6 is 31.1 Å². The van der Waals surface area contributed by atoms with Gasteiger partial charge in [-0.2, -0.15) is 15.0 Å². The van der Waals surface area contributed by atoms with E-state index in [2.05, 4.69) is 10.1 Å². The van der Waals surface area contributed by atoms with Crippen molar-refractivity contribution in [1.29, 1.82) is 0 Å². The van der Waals surface area contributed by atoms with Crippen LogP contribution in [-0.2, 0) is 32.8 Å². The summed E-state index contributed by atoms with van der Waals surface area (Å²) in [5.41, 5.74) is -4.38. The number of halogens is 3. The van der Waals surface area contributed by atoms with E-state index in [1.807, 2.05) is 0 Å². The highest BCUT2D eigenvalue weighted by atomic mass is 35.5. The Morgan fingerprint density at radius 3 is 2.07 bits per heavy atom. The maximum Gasteiger partial charge on any atom is 0.509 e. The molecule has 2 amide bonds. The van der Waals surface area contributed by atoms with Gasteiger partial charge in [0, 0.05) is 12.3 Å². The number of nitrogens with zero attached hydrogens (tertiary/aromatic N) is 3. The summed E-state index contributed by atoms with van der Waals surface area (Å²) >= 11 is 6.39. The number of anilines is 1. The van der Waals surface area contributed by atoms with Crippen molar-refractivity contribution in [2.75, 3.05) is 11.5 Å². The minimum atomic E-state index is -4.74. The van der Waals surface area contributed by atoms with E-state index in [0.29, 0.717) is 16.7 Å². The Labute approximate surface area is 324 Å². The number of nitrogens with one attached hydrogen (secondary N) is 1. The van der Waals surface area contributed by atoms with Crippen molar-refractivity contribution in [2.24, 2.45) is 0 Å². The Kier molecular flexibility index (Phi) is 14.4. The van der Waals surface area contributed by atoms with Crippen LogP contribution in [0.4, 0.5) is 29.0 Å². The summed E-state index contributed by atoms with van der Waals surface area (Å²) < 4.78 is 77.3. The number of carbonyl (C=O) groups is 4. The zero-order valence-electron chi connectivity index (χ0n) is 31.7. The molecule has 55 heavy (non-hydrogen) atoms. The number of carbonyl (C=O) groups excluding carboxylic acids is 3. The van der Waals surface area contributed by atoms with Crippen LogP contribution in [0.25, 0.3) is 0 Å². The third-order valence-corrected chi connectivity index (χ3v) is 10.1. The minimum Gasteiger partial charge on any atom is -0.480 e. The molecule has 306 valence electrons. The number of alkyl halides is 1. The summed E-state index contributed by atoms with van der Waals surface area (Å²) in [6.45, 7) is 14.2. The second-order valence-electron chi connectivity index (χ2n) is 15.0. The van der Waals surface area contributed by atoms with Crippen molar-refractivity contribution >= 4 is 61.2 Å². The number of aliphatic carboxylic acids is 1. The number of amides is 2. The first kappa shape index (κ1) is 45.4. The molecule has 0 radical (unpaired) electrons. The average molecular weight is 841 g/mol. The number of carboxylic acid groups (broad SMARTS) is 1. The molecule has 2 N–H and O–H groups in total. The number of aromatic nitrogens is 2. The molecule has 0 bridgehead atoms. The lowest BCUT2D eigenvalue weighted by Gasteiger charge is -2.28. The topological polar surface area (TPSA) is 211 Å². The molecule has 0 spiro atoms. The molecule has 1 aromatic heterocycles. The number of hydrogen-bond donors (Lipinski definition) is 2. The van der Waals surface area contributed by atoms with E-state index >= 15 is 4.39 Å². The predicted octanol–water partition coefficient (Wildman–Crippen LogP) is 7.25. The van der Waals surface area contributed by atoms with Crippen LogP contribution < -0.4 is 20.2 Å². The minimum absolute atomic E-state index is 0.292. The summed E-state index contributed by atoms with van der Waals surface area (Å²) in [6, 6.07) is 2.51. The molecule has 3 rings (SSSR count). The van der Waals surface area contributed by atoms with Gasteiger partial charge in [-0.05, 0) is 87.4 Å². The fourth-order valence-electron chi connectivity index (χ4n) is 4.40. The van der Waals surface area contributed by atoms with Crippen molar-refractivity contribution < 1.29 is 65.6 Å². The average Bonchev–Trinajstić information content (AvgIpc) is 3.29. The van der Waals surface area contributed by atoms with Crippen LogP contribution in [0.3, 0.4) is 0 Å². The normalized spacial score (nSPS) is 20.5. The summed E-state index contributed by atoms with van der Waals surface area (Å²) in [7, 11) is -4.74. The Morgan fingerprint density at radius 1 is 1.02 bits per heavy atom. The number of rotatable bonds is 11. The number of imide groups is 1. The molecule has 0 saturated carbocycles. The van der Waals surface area contributed by atoms with Gasteiger partial charge in [0.05, 0.1) is 16.9 Å². The highest BCUT2D eigenvalue weighted by Crippen LogP contribution is 2.50. The molecule has 17 nitrogen and oxygen atoms in total. The zero-order valence-corrected chi connectivity index (χ0v) is 34.1. The third kappa shape index (κ3) is 13.3.